The fraction of sp³-hybridized carbons (Fsp3) is 0.0909. The molecule has 0 aliphatic carbocycles. The average Bonchev–Trinajstić information content (AvgIpc) is 2.27. The molecule has 1 aromatic heterocycles. The number of nitrogens with two attached hydrogens (primary N) is 1. The molecule has 0 saturated heterocycles. The summed E-state index contributed by atoms with van der Waals surface area (Å²) in [5.74, 6) is 1.17. The summed E-state index contributed by atoms with van der Waals surface area (Å²) in [6.07, 6.45) is 1.65. The van der Waals surface area contributed by atoms with E-state index in [1.54, 1.807) is 12.3 Å². The van der Waals surface area contributed by atoms with E-state index in [0.29, 0.717) is 18.2 Å². The third kappa shape index (κ3) is 2.93. The molecule has 0 saturated carbocycles. The molecule has 3 N–H and O–H groups in total. The first-order valence-electron chi connectivity index (χ1n) is 4.81. The standard InChI is InChI=1S/C11H11BrN4/c12-8-2-1-3-9(6-8)15-7-11-14-5-4-10(13)16-11/h1-6,15H,7H2,(H2,13,14,16). The van der Waals surface area contributed by atoms with E-state index in [9.17, 15) is 0 Å². The molecule has 0 fully saturated rings. The zero-order valence-electron chi connectivity index (χ0n) is 8.52. The van der Waals surface area contributed by atoms with Gasteiger partial charge >= 0.3 is 0 Å². The highest BCUT2D eigenvalue weighted by Crippen LogP contribution is 2.15. The number of benzene rings is 1. The summed E-state index contributed by atoms with van der Waals surface area (Å²) < 4.78 is 1.03. The number of nitrogen functional groups attached to an aromatic ring is 1. The molecule has 0 bridgehead atoms. The number of halogens is 1. The van der Waals surface area contributed by atoms with Crippen molar-refractivity contribution in [3.05, 3.63) is 46.8 Å². The van der Waals surface area contributed by atoms with Gasteiger partial charge in [0.1, 0.15) is 11.6 Å². The van der Waals surface area contributed by atoms with E-state index in [1.165, 1.54) is 0 Å². The fourth-order valence-corrected chi connectivity index (χ4v) is 1.68. The van der Waals surface area contributed by atoms with Crippen LogP contribution < -0.4 is 11.1 Å². The molecule has 0 radical (unpaired) electrons. The van der Waals surface area contributed by atoms with Crippen LogP contribution >= 0.6 is 15.9 Å². The van der Waals surface area contributed by atoms with Crippen LogP contribution in [0.15, 0.2) is 41.0 Å². The van der Waals surface area contributed by atoms with Crippen molar-refractivity contribution in [2.75, 3.05) is 11.1 Å². The van der Waals surface area contributed by atoms with Gasteiger partial charge in [-0.1, -0.05) is 22.0 Å². The van der Waals surface area contributed by atoms with Gasteiger partial charge in [0.25, 0.3) is 0 Å². The molecule has 0 aliphatic heterocycles. The quantitative estimate of drug-likeness (QED) is 0.905. The predicted octanol–water partition coefficient (Wildman–Crippen LogP) is 2.43. The second kappa shape index (κ2) is 4.94. The highest BCUT2D eigenvalue weighted by atomic mass is 79.9. The maximum atomic E-state index is 5.57. The molecule has 0 atom stereocenters. The van der Waals surface area contributed by atoms with Crippen molar-refractivity contribution < 1.29 is 0 Å². The lowest BCUT2D eigenvalue weighted by atomic mass is 10.3. The summed E-state index contributed by atoms with van der Waals surface area (Å²) in [5, 5.41) is 3.22. The molecule has 0 unspecified atom stereocenters. The van der Waals surface area contributed by atoms with Gasteiger partial charge in [-0.2, -0.15) is 0 Å². The average molecular weight is 279 g/mol. The van der Waals surface area contributed by atoms with Gasteiger partial charge in [0.15, 0.2) is 0 Å². The minimum atomic E-state index is 0.487. The first-order chi connectivity index (χ1) is 7.74. The largest absolute Gasteiger partial charge is 0.384 e. The van der Waals surface area contributed by atoms with E-state index in [-0.39, 0.29) is 0 Å². The third-order valence-electron chi connectivity index (χ3n) is 2.00. The van der Waals surface area contributed by atoms with Gasteiger partial charge in [-0.3, -0.25) is 0 Å². The van der Waals surface area contributed by atoms with E-state index < -0.39 is 0 Å². The van der Waals surface area contributed by atoms with Gasteiger partial charge in [-0.15, -0.1) is 0 Å². The second-order valence-corrected chi connectivity index (χ2v) is 4.18. The van der Waals surface area contributed by atoms with E-state index in [4.69, 9.17) is 5.73 Å². The Balaban J connectivity index is 2.02. The lowest BCUT2D eigenvalue weighted by Gasteiger charge is -2.05. The molecule has 16 heavy (non-hydrogen) atoms. The lowest BCUT2D eigenvalue weighted by molar-refractivity contribution is 0.954. The van der Waals surface area contributed by atoms with Crippen molar-refractivity contribution in [1.82, 2.24) is 9.97 Å². The summed E-state index contributed by atoms with van der Waals surface area (Å²) in [7, 11) is 0. The zero-order valence-corrected chi connectivity index (χ0v) is 10.1. The normalized spacial score (nSPS) is 10.1. The minimum absolute atomic E-state index is 0.487. The molecule has 1 heterocycles. The predicted molar refractivity (Wildman–Crippen MR) is 67.9 cm³/mol. The van der Waals surface area contributed by atoms with E-state index >= 15 is 0 Å². The number of rotatable bonds is 3. The zero-order chi connectivity index (χ0) is 11.4. The number of nitrogens with zero attached hydrogens (tertiary/aromatic N) is 2. The Bertz CT molecular complexity index is 441. The SMILES string of the molecule is Nc1ccnc(CNc2cccc(Br)c2)n1. The summed E-state index contributed by atoms with van der Waals surface area (Å²) in [4.78, 5) is 8.21. The Morgan fingerprint density at radius 1 is 1.31 bits per heavy atom. The Morgan fingerprint density at radius 3 is 2.94 bits per heavy atom. The van der Waals surface area contributed by atoms with Crippen LogP contribution in [-0.2, 0) is 6.54 Å². The molecule has 82 valence electrons. The van der Waals surface area contributed by atoms with Crippen molar-refractivity contribution in [3.63, 3.8) is 0 Å². The number of hydrogen-bond donors (Lipinski definition) is 2. The molecular weight excluding hydrogens is 268 g/mol. The summed E-state index contributed by atoms with van der Waals surface area (Å²) in [6, 6.07) is 9.58. The molecule has 1 aromatic carbocycles. The van der Waals surface area contributed by atoms with Crippen LogP contribution in [0.3, 0.4) is 0 Å². The fourth-order valence-electron chi connectivity index (χ4n) is 1.28. The Morgan fingerprint density at radius 2 is 2.19 bits per heavy atom. The molecule has 2 rings (SSSR count). The first-order valence-corrected chi connectivity index (χ1v) is 5.60. The van der Waals surface area contributed by atoms with E-state index in [2.05, 4.69) is 31.2 Å². The van der Waals surface area contributed by atoms with Crippen molar-refractivity contribution >= 4 is 27.4 Å². The Hall–Kier alpha value is -1.62. The lowest BCUT2D eigenvalue weighted by Crippen LogP contribution is -2.05. The van der Waals surface area contributed by atoms with Crippen molar-refractivity contribution in [3.8, 4) is 0 Å². The van der Waals surface area contributed by atoms with Crippen LogP contribution in [0.1, 0.15) is 5.82 Å². The van der Waals surface area contributed by atoms with Gasteiger partial charge in [-0.05, 0) is 24.3 Å². The van der Waals surface area contributed by atoms with Crippen LogP contribution in [-0.4, -0.2) is 9.97 Å². The highest BCUT2D eigenvalue weighted by Gasteiger charge is 1.97. The third-order valence-corrected chi connectivity index (χ3v) is 2.50. The van der Waals surface area contributed by atoms with Crippen molar-refractivity contribution in [2.24, 2.45) is 0 Å². The molecule has 2 aromatic rings. The second-order valence-electron chi connectivity index (χ2n) is 3.26. The van der Waals surface area contributed by atoms with Gasteiger partial charge in [-0.25, -0.2) is 9.97 Å². The Kier molecular flexibility index (Phi) is 3.36. The van der Waals surface area contributed by atoms with Crippen molar-refractivity contribution in [1.29, 1.82) is 0 Å². The highest BCUT2D eigenvalue weighted by molar-refractivity contribution is 9.10. The smallest absolute Gasteiger partial charge is 0.149 e. The number of hydrogen-bond acceptors (Lipinski definition) is 4. The van der Waals surface area contributed by atoms with E-state index in [0.717, 1.165) is 10.2 Å². The van der Waals surface area contributed by atoms with Crippen LogP contribution in [0, 0.1) is 0 Å². The van der Waals surface area contributed by atoms with Crippen LogP contribution in [0.2, 0.25) is 0 Å². The molecule has 0 aliphatic rings. The summed E-state index contributed by atoms with van der Waals surface area (Å²) in [6.45, 7) is 0.557. The topological polar surface area (TPSA) is 63.8 Å². The van der Waals surface area contributed by atoms with Gasteiger partial charge in [0.2, 0.25) is 0 Å². The molecule has 0 spiro atoms. The van der Waals surface area contributed by atoms with Crippen LogP contribution in [0.25, 0.3) is 0 Å². The summed E-state index contributed by atoms with van der Waals surface area (Å²) in [5.41, 5.74) is 6.58. The van der Waals surface area contributed by atoms with Gasteiger partial charge in [0, 0.05) is 16.4 Å². The summed E-state index contributed by atoms with van der Waals surface area (Å²) >= 11 is 3.41. The van der Waals surface area contributed by atoms with Crippen LogP contribution in [0.5, 0.6) is 0 Å². The number of nitrogens with one attached hydrogen (secondary N) is 1. The van der Waals surface area contributed by atoms with E-state index in [1.807, 2.05) is 24.3 Å². The molecule has 0 amide bonds. The van der Waals surface area contributed by atoms with Gasteiger partial charge < -0.3 is 11.1 Å². The molecule has 4 nitrogen and oxygen atoms in total. The van der Waals surface area contributed by atoms with Gasteiger partial charge in [0.05, 0.1) is 6.54 Å². The van der Waals surface area contributed by atoms with Crippen LogP contribution in [0.4, 0.5) is 11.5 Å². The maximum Gasteiger partial charge on any atom is 0.149 e. The minimum Gasteiger partial charge on any atom is -0.384 e. The first kappa shape index (κ1) is 10.9. The number of aromatic nitrogens is 2. The Labute approximate surface area is 102 Å². The molecule has 5 heteroatoms. The monoisotopic (exact) mass is 278 g/mol. The molecular formula is C11H11BrN4. The maximum absolute atomic E-state index is 5.57. The number of anilines is 2. The van der Waals surface area contributed by atoms with Crippen molar-refractivity contribution in [2.45, 2.75) is 6.54 Å².